The second-order valence-electron chi connectivity index (χ2n) is 8.72. The van der Waals surface area contributed by atoms with Crippen LogP contribution in [0.25, 0.3) is 48.1 Å². The average molecular weight is 522 g/mol. The molecule has 2 aliphatic rings. The molecule has 0 fully saturated rings. The molecule has 184 valence electrons. The summed E-state index contributed by atoms with van der Waals surface area (Å²) in [6.07, 6.45) is 0. The molecule has 3 aromatic carbocycles. The zero-order valence-electron chi connectivity index (χ0n) is 20.3. The summed E-state index contributed by atoms with van der Waals surface area (Å²) in [4.78, 5) is 9.84. The van der Waals surface area contributed by atoms with Gasteiger partial charge in [0.1, 0.15) is 17.4 Å². The van der Waals surface area contributed by atoms with Gasteiger partial charge in [-0.1, -0.05) is 35.9 Å². The van der Waals surface area contributed by atoms with E-state index in [4.69, 9.17) is 19.7 Å². The molecular weight excluding hydrogens is 513 g/mol. The van der Waals surface area contributed by atoms with Crippen LogP contribution in [0, 0.1) is 78.1 Å². The topological polar surface area (TPSA) is 84.4 Å². The van der Waals surface area contributed by atoms with Gasteiger partial charge in [-0.2, -0.15) is 5.26 Å². The highest BCUT2D eigenvalue weighted by molar-refractivity contribution is 6.24. The number of fused-ring (bicyclic) bond motifs is 4. The molecule has 0 atom stereocenters. The lowest BCUT2D eigenvalue weighted by Gasteiger charge is -2.13. The molecular formula is C31H9F3N6. The Morgan fingerprint density at radius 2 is 1.32 bits per heavy atom. The molecule has 3 aromatic rings. The zero-order valence-corrected chi connectivity index (χ0v) is 20.3. The lowest BCUT2D eigenvalue weighted by molar-refractivity contribution is 0.488. The Morgan fingerprint density at radius 3 is 1.90 bits per heavy atom. The Kier molecular flexibility index (Phi) is 5.79. The number of hydrogen-bond acceptors (Lipinski definition) is 3. The first-order valence-electron chi connectivity index (χ1n) is 11.3. The molecule has 2 aliphatic carbocycles. The van der Waals surface area contributed by atoms with Crippen LogP contribution in [-0.4, -0.2) is 0 Å². The largest absolute Gasteiger partial charge is 0.270 e. The maximum Gasteiger partial charge on any atom is 0.270 e. The van der Waals surface area contributed by atoms with Crippen molar-refractivity contribution in [3.63, 3.8) is 0 Å². The van der Waals surface area contributed by atoms with Gasteiger partial charge in [-0.3, -0.25) is 0 Å². The standard InChI is InChI=1S/C31H9F3N6/c1-14-5-7-16-17-8-6-15(10-19(17)24(18(16)9-14)21(12-36)38-2)23-25(22(13-37)39-3)26-27(31(23)40-4)30(34)29(33)20(11-35)28(26)32/h5-10H,1H3/b24-21+,25-22+. The van der Waals surface area contributed by atoms with Crippen LogP contribution in [0.3, 0.4) is 0 Å². The molecule has 0 heterocycles. The minimum Gasteiger partial charge on any atom is -0.237 e. The summed E-state index contributed by atoms with van der Waals surface area (Å²) >= 11 is 0. The third-order valence-electron chi connectivity index (χ3n) is 6.74. The predicted octanol–water partition coefficient (Wildman–Crippen LogP) is 7.42. The fourth-order valence-electron chi connectivity index (χ4n) is 5.13. The number of hydrogen-bond donors (Lipinski definition) is 0. The minimum absolute atomic E-state index is 0.134. The Labute approximate surface area is 226 Å². The van der Waals surface area contributed by atoms with Gasteiger partial charge < -0.3 is 0 Å². The van der Waals surface area contributed by atoms with E-state index in [2.05, 4.69) is 14.5 Å². The average Bonchev–Trinajstić information content (AvgIpc) is 3.46. The second-order valence-corrected chi connectivity index (χ2v) is 8.72. The molecule has 6 nitrogen and oxygen atoms in total. The fraction of sp³-hybridized carbons (Fsp3) is 0.0323. The van der Waals surface area contributed by atoms with Gasteiger partial charge in [-0.25, -0.2) is 38.2 Å². The van der Waals surface area contributed by atoms with Crippen LogP contribution in [0.2, 0.25) is 0 Å². The van der Waals surface area contributed by atoms with E-state index in [9.17, 15) is 20.2 Å². The number of aryl methyl sites for hydroxylation is 1. The van der Waals surface area contributed by atoms with Gasteiger partial charge in [0.15, 0.2) is 11.6 Å². The van der Waals surface area contributed by atoms with Crippen LogP contribution in [-0.2, 0) is 0 Å². The van der Waals surface area contributed by atoms with Gasteiger partial charge in [0.05, 0.1) is 31.9 Å². The summed E-state index contributed by atoms with van der Waals surface area (Å²) in [6.45, 7) is 24.6. The molecule has 0 saturated carbocycles. The number of allylic oxidation sites excluding steroid dienone is 4. The van der Waals surface area contributed by atoms with Gasteiger partial charge in [-0.05, 0) is 52.0 Å². The third-order valence-corrected chi connectivity index (χ3v) is 6.74. The van der Waals surface area contributed by atoms with Crippen LogP contribution < -0.4 is 0 Å². The van der Waals surface area contributed by atoms with Crippen molar-refractivity contribution in [2.75, 3.05) is 0 Å². The molecule has 0 bridgehead atoms. The first-order chi connectivity index (χ1) is 19.3. The lowest BCUT2D eigenvalue weighted by Crippen LogP contribution is -2.04. The van der Waals surface area contributed by atoms with E-state index in [0.717, 1.165) is 11.1 Å². The lowest BCUT2D eigenvalue weighted by atomic mass is 9.91. The molecule has 0 amide bonds. The Hall–Kier alpha value is -6.39. The highest BCUT2D eigenvalue weighted by Gasteiger charge is 2.39. The third kappa shape index (κ3) is 3.24. The fourth-order valence-corrected chi connectivity index (χ4v) is 5.13. The summed E-state index contributed by atoms with van der Waals surface area (Å²) in [6, 6.07) is 15.0. The van der Waals surface area contributed by atoms with Crippen molar-refractivity contribution in [1.82, 2.24) is 0 Å². The first kappa shape index (κ1) is 25.3. The van der Waals surface area contributed by atoms with Crippen molar-refractivity contribution < 1.29 is 13.2 Å². The van der Waals surface area contributed by atoms with Crippen molar-refractivity contribution in [1.29, 1.82) is 15.8 Å². The summed E-state index contributed by atoms with van der Waals surface area (Å²) in [5, 5.41) is 28.7. The molecule has 0 aliphatic heterocycles. The Morgan fingerprint density at radius 1 is 0.725 bits per heavy atom. The number of rotatable bonds is 1. The molecule has 0 unspecified atom stereocenters. The highest BCUT2D eigenvalue weighted by atomic mass is 19.2. The summed E-state index contributed by atoms with van der Waals surface area (Å²) in [5.41, 5.74) is -1.12. The van der Waals surface area contributed by atoms with Crippen LogP contribution in [0.5, 0.6) is 0 Å². The quantitative estimate of drug-likeness (QED) is 0.148. The molecule has 40 heavy (non-hydrogen) atoms. The van der Waals surface area contributed by atoms with E-state index < -0.39 is 51.1 Å². The van der Waals surface area contributed by atoms with Crippen molar-refractivity contribution in [3.8, 4) is 29.3 Å². The number of nitriles is 3. The Balaban J connectivity index is 1.92. The predicted molar refractivity (Wildman–Crippen MR) is 138 cm³/mol. The normalized spacial score (nSPS) is 14.8. The van der Waals surface area contributed by atoms with E-state index >= 15 is 8.78 Å². The molecule has 5 rings (SSSR count). The number of nitrogens with zero attached hydrogens (tertiary/aromatic N) is 6. The van der Waals surface area contributed by atoms with E-state index in [0.29, 0.717) is 22.3 Å². The van der Waals surface area contributed by atoms with Gasteiger partial charge >= 0.3 is 0 Å². The minimum atomic E-state index is -1.79. The summed E-state index contributed by atoms with van der Waals surface area (Å²) < 4.78 is 45.4. The highest BCUT2D eigenvalue weighted by Crippen LogP contribution is 2.53. The van der Waals surface area contributed by atoms with Gasteiger partial charge in [0, 0.05) is 16.7 Å². The smallest absolute Gasteiger partial charge is 0.237 e. The van der Waals surface area contributed by atoms with E-state index in [-0.39, 0.29) is 16.8 Å². The Bertz CT molecular complexity index is 2070. The van der Waals surface area contributed by atoms with Gasteiger partial charge in [0.2, 0.25) is 5.70 Å². The maximum absolute atomic E-state index is 15.5. The van der Waals surface area contributed by atoms with Crippen molar-refractivity contribution >= 4 is 22.4 Å². The van der Waals surface area contributed by atoms with Crippen LogP contribution in [0.1, 0.15) is 38.9 Å². The monoisotopic (exact) mass is 522 g/mol. The zero-order chi connectivity index (χ0) is 28.9. The molecule has 0 N–H and O–H groups in total. The molecule has 0 radical (unpaired) electrons. The van der Waals surface area contributed by atoms with Crippen molar-refractivity contribution in [2.24, 2.45) is 0 Å². The molecule has 9 heteroatoms. The maximum atomic E-state index is 15.5. The SMILES string of the molecule is [C-]#[N+]C1=C(c2ccc3c(c2)/C(=C(\C#N)[N+]#[C-])c2cc(C)ccc2-3)/C(=C(/C#N)[N+]#[C-])c2c(F)c(C#N)c(F)c(F)c21. The van der Waals surface area contributed by atoms with E-state index in [1.807, 2.05) is 31.2 Å². The van der Waals surface area contributed by atoms with Gasteiger partial charge in [-0.15, -0.1) is 0 Å². The molecule has 0 aromatic heterocycles. The number of benzene rings is 3. The van der Waals surface area contributed by atoms with Crippen LogP contribution >= 0.6 is 0 Å². The van der Waals surface area contributed by atoms with E-state index in [1.165, 1.54) is 18.2 Å². The molecule has 0 spiro atoms. The van der Waals surface area contributed by atoms with Crippen molar-refractivity contribution in [2.45, 2.75) is 6.92 Å². The van der Waals surface area contributed by atoms with E-state index in [1.54, 1.807) is 12.1 Å². The number of halogens is 3. The molecule has 0 saturated heterocycles. The second kappa shape index (κ2) is 9.17. The van der Waals surface area contributed by atoms with Crippen molar-refractivity contribution in [3.05, 3.63) is 138 Å². The van der Waals surface area contributed by atoms with Crippen LogP contribution in [0.4, 0.5) is 13.2 Å². The van der Waals surface area contributed by atoms with Crippen LogP contribution in [0.15, 0.2) is 47.8 Å². The first-order valence-corrected chi connectivity index (χ1v) is 11.3. The van der Waals surface area contributed by atoms with Gasteiger partial charge in [0.25, 0.3) is 11.4 Å². The summed E-state index contributed by atoms with van der Waals surface area (Å²) in [7, 11) is 0. The summed E-state index contributed by atoms with van der Waals surface area (Å²) in [5.74, 6) is -4.94.